The van der Waals surface area contributed by atoms with E-state index >= 15 is 0 Å². The lowest BCUT2D eigenvalue weighted by Gasteiger charge is -2.09. The molecule has 0 radical (unpaired) electrons. The molecule has 0 aliphatic carbocycles. The van der Waals surface area contributed by atoms with Gasteiger partial charge in [-0.05, 0) is 19.1 Å². The summed E-state index contributed by atoms with van der Waals surface area (Å²) < 4.78 is 5.16. The molecule has 0 aliphatic rings. The Morgan fingerprint density at radius 1 is 1.57 bits per heavy atom. The number of methoxy groups -OCH3 is 1. The molecule has 0 spiro atoms. The molecule has 1 atom stereocenters. The third-order valence-corrected chi connectivity index (χ3v) is 2.72. The molecule has 74 valence electrons. The first-order valence-corrected chi connectivity index (χ1v) is 5.05. The van der Waals surface area contributed by atoms with E-state index in [2.05, 4.69) is 6.07 Å². The first kappa shape index (κ1) is 10.7. The van der Waals surface area contributed by atoms with E-state index in [9.17, 15) is 0 Å². The monoisotopic (exact) mass is 208 g/mol. The number of nitrogens with two attached hydrogens (primary N) is 1. The Kier molecular flexibility index (Phi) is 3.66. The molecule has 1 aromatic rings. The minimum Gasteiger partial charge on any atom is -0.496 e. The van der Waals surface area contributed by atoms with Crippen molar-refractivity contribution in [1.82, 2.24) is 0 Å². The molecule has 3 nitrogen and oxygen atoms in total. The fraction of sp³-hybridized carbons (Fsp3) is 0.300. The van der Waals surface area contributed by atoms with Crippen LogP contribution < -0.4 is 10.5 Å². The second kappa shape index (κ2) is 4.77. The van der Waals surface area contributed by atoms with Crippen LogP contribution in [-0.2, 0) is 0 Å². The van der Waals surface area contributed by atoms with Crippen molar-refractivity contribution in [3.8, 4) is 11.8 Å². The third-order valence-electron chi connectivity index (χ3n) is 1.67. The molecule has 0 heterocycles. The van der Waals surface area contributed by atoms with Crippen LogP contribution in [0.1, 0.15) is 6.92 Å². The molecule has 0 aliphatic heterocycles. The second-order valence-electron chi connectivity index (χ2n) is 2.80. The van der Waals surface area contributed by atoms with Crippen molar-refractivity contribution < 1.29 is 4.74 Å². The van der Waals surface area contributed by atoms with E-state index in [1.54, 1.807) is 19.2 Å². The highest BCUT2D eigenvalue weighted by Gasteiger charge is 2.08. The molecule has 0 amide bonds. The maximum Gasteiger partial charge on any atom is 0.134 e. The summed E-state index contributed by atoms with van der Waals surface area (Å²) in [6, 6.07) is 7.58. The van der Waals surface area contributed by atoms with Gasteiger partial charge in [0.15, 0.2) is 0 Å². The maximum atomic E-state index is 8.68. The molecule has 1 unspecified atom stereocenters. The van der Waals surface area contributed by atoms with Crippen molar-refractivity contribution in [1.29, 1.82) is 5.26 Å². The molecule has 1 rings (SSSR count). The van der Waals surface area contributed by atoms with E-state index in [1.165, 1.54) is 11.8 Å². The Morgan fingerprint density at radius 2 is 2.29 bits per heavy atom. The van der Waals surface area contributed by atoms with Crippen LogP contribution in [0.15, 0.2) is 23.1 Å². The molecular weight excluding hydrogens is 196 g/mol. The van der Waals surface area contributed by atoms with Crippen molar-refractivity contribution in [2.24, 2.45) is 0 Å². The predicted molar refractivity (Wildman–Crippen MR) is 58.3 cm³/mol. The van der Waals surface area contributed by atoms with Gasteiger partial charge in [0.2, 0.25) is 0 Å². The van der Waals surface area contributed by atoms with Crippen LogP contribution in [0.25, 0.3) is 0 Å². The fourth-order valence-electron chi connectivity index (χ4n) is 0.998. The molecule has 0 bridgehead atoms. The SMILES string of the molecule is COc1cc(N)ccc1SC(C)C#N. The summed E-state index contributed by atoms with van der Waals surface area (Å²) in [5, 5.41) is 8.59. The summed E-state index contributed by atoms with van der Waals surface area (Å²) in [6.45, 7) is 1.85. The number of benzene rings is 1. The number of thioether (sulfide) groups is 1. The molecule has 2 N–H and O–H groups in total. The quantitative estimate of drug-likeness (QED) is 0.611. The number of hydrogen-bond donors (Lipinski definition) is 1. The summed E-state index contributed by atoms with van der Waals surface area (Å²) >= 11 is 1.46. The number of nitrogens with zero attached hydrogens (tertiary/aromatic N) is 1. The van der Waals surface area contributed by atoms with Crippen LogP contribution >= 0.6 is 11.8 Å². The van der Waals surface area contributed by atoms with Gasteiger partial charge in [0.1, 0.15) is 5.75 Å². The highest BCUT2D eigenvalue weighted by atomic mass is 32.2. The summed E-state index contributed by atoms with van der Waals surface area (Å²) in [7, 11) is 1.59. The highest BCUT2D eigenvalue weighted by molar-refractivity contribution is 8.00. The van der Waals surface area contributed by atoms with Crippen molar-refractivity contribution in [3.63, 3.8) is 0 Å². The topological polar surface area (TPSA) is 59.0 Å². The van der Waals surface area contributed by atoms with E-state index in [1.807, 2.05) is 13.0 Å². The van der Waals surface area contributed by atoms with Gasteiger partial charge in [-0.25, -0.2) is 0 Å². The van der Waals surface area contributed by atoms with Crippen LogP contribution in [0.4, 0.5) is 5.69 Å². The Balaban J connectivity index is 2.92. The first-order chi connectivity index (χ1) is 6.67. The van der Waals surface area contributed by atoms with Gasteiger partial charge < -0.3 is 10.5 Å². The van der Waals surface area contributed by atoms with Crippen LogP contribution in [0.3, 0.4) is 0 Å². The highest BCUT2D eigenvalue weighted by Crippen LogP contribution is 2.33. The molecular formula is C10H12N2OS. The standard InChI is InChI=1S/C10H12N2OS/c1-7(6-11)14-10-4-3-8(12)5-9(10)13-2/h3-5,7H,12H2,1-2H3. The number of rotatable bonds is 3. The Morgan fingerprint density at radius 3 is 2.86 bits per heavy atom. The van der Waals surface area contributed by atoms with Gasteiger partial charge in [-0.1, -0.05) is 0 Å². The molecule has 0 fully saturated rings. The van der Waals surface area contributed by atoms with E-state index in [4.69, 9.17) is 15.7 Å². The Labute approximate surface area is 87.9 Å². The number of anilines is 1. The Hall–Kier alpha value is -1.34. The predicted octanol–water partition coefficient (Wildman–Crippen LogP) is 2.28. The largest absolute Gasteiger partial charge is 0.496 e. The summed E-state index contributed by atoms with van der Waals surface area (Å²) in [4.78, 5) is 0.941. The average Bonchev–Trinajstić information content (AvgIpc) is 2.20. The molecule has 1 aromatic carbocycles. The van der Waals surface area contributed by atoms with Crippen LogP contribution in [0.2, 0.25) is 0 Å². The second-order valence-corrected chi connectivity index (χ2v) is 4.18. The third kappa shape index (κ3) is 2.57. The number of nitrogen functional groups attached to an aromatic ring is 1. The zero-order chi connectivity index (χ0) is 10.6. The summed E-state index contributed by atoms with van der Waals surface area (Å²) in [6.07, 6.45) is 0. The lowest BCUT2D eigenvalue weighted by Crippen LogP contribution is -1.94. The lowest BCUT2D eigenvalue weighted by atomic mass is 10.3. The van der Waals surface area contributed by atoms with Gasteiger partial charge in [-0.3, -0.25) is 0 Å². The minimum absolute atomic E-state index is 0.0903. The van der Waals surface area contributed by atoms with Crippen molar-refractivity contribution in [2.75, 3.05) is 12.8 Å². The van der Waals surface area contributed by atoms with Crippen molar-refractivity contribution >= 4 is 17.4 Å². The van der Waals surface area contributed by atoms with Gasteiger partial charge in [-0.15, -0.1) is 11.8 Å². The van der Waals surface area contributed by atoms with Crippen molar-refractivity contribution in [3.05, 3.63) is 18.2 Å². The number of nitriles is 1. The summed E-state index contributed by atoms with van der Waals surface area (Å²) in [5.74, 6) is 0.720. The zero-order valence-corrected chi connectivity index (χ0v) is 8.97. The van der Waals surface area contributed by atoms with Crippen LogP contribution in [-0.4, -0.2) is 12.4 Å². The zero-order valence-electron chi connectivity index (χ0n) is 8.15. The van der Waals surface area contributed by atoms with E-state index in [-0.39, 0.29) is 5.25 Å². The fourth-order valence-corrected chi connectivity index (χ4v) is 1.84. The minimum atomic E-state index is -0.0903. The lowest BCUT2D eigenvalue weighted by molar-refractivity contribution is 0.405. The van der Waals surface area contributed by atoms with E-state index in [0.29, 0.717) is 5.69 Å². The smallest absolute Gasteiger partial charge is 0.134 e. The van der Waals surface area contributed by atoms with Gasteiger partial charge in [0.05, 0.1) is 23.3 Å². The number of hydrogen-bond acceptors (Lipinski definition) is 4. The molecule has 0 aromatic heterocycles. The van der Waals surface area contributed by atoms with Crippen molar-refractivity contribution in [2.45, 2.75) is 17.1 Å². The van der Waals surface area contributed by atoms with Gasteiger partial charge in [-0.2, -0.15) is 5.26 Å². The summed E-state index contributed by atoms with van der Waals surface area (Å²) in [5.41, 5.74) is 6.27. The van der Waals surface area contributed by atoms with Gasteiger partial charge in [0.25, 0.3) is 0 Å². The van der Waals surface area contributed by atoms with Gasteiger partial charge >= 0.3 is 0 Å². The first-order valence-electron chi connectivity index (χ1n) is 4.17. The molecule has 0 saturated carbocycles. The van der Waals surface area contributed by atoms with Gasteiger partial charge in [0, 0.05) is 11.8 Å². The van der Waals surface area contributed by atoms with E-state index < -0.39 is 0 Å². The van der Waals surface area contributed by atoms with E-state index in [0.717, 1.165) is 10.6 Å². The van der Waals surface area contributed by atoms with Crippen LogP contribution in [0, 0.1) is 11.3 Å². The maximum absolute atomic E-state index is 8.68. The number of ether oxygens (including phenoxy) is 1. The molecule has 0 saturated heterocycles. The van der Waals surface area contributed by atoms with Crippen LogP contribution in [0.5, 0.6) is 5.75 Å². The average molecular weight is 208 g/mol. The molecule has 14 heavy (non-hydrogen) atoms. The Bertz CT molecular complexity index is 360. The molecule has 4 heteroatoms. The normalized spacial score (nSPS) is 11.8.